The number of halogens is 2. The summed E-state index contributed by atoms with van der Waals surface area (Å²) in [6, 6.07) is 7.46. The quantitative estimate of drug-likeness (QED) is 0.592. The van der Waals surface area contributed by atoms with Crippen LogP contribution in [0.1, 0.15) is 0 Å². The van der Waals surface area contributed by atoms with Gasteiger partial charge in [-0.15, -0.1) is 0 Å². The predicted molar refractivity (Wildman–Crippen MR) is 47.1 cm³/mol. The number of rotatable bonds is 2. The Kier molecular flexibility index (Phi) is 2.99. The number of benzene rings is 1. The minimum Gasteiger partial charge on any atom is -0.310 e. The van der Waals surface area contributed by atoms with E-state index in [-0.39, 0.29) is 0 Å². The summed E-state index contributed by atoms with van der Waals surface area (Å²) in [6.45, 7) is 0. The van der Waals surface area contributed by atoms with E-state index in [4.69, 9.17) is 11.6 Å². The van der Waals surface area contributed by atoms with E-state index in [1.54, 1.807) is 0 Å². The van der Waals surface area contributed by atoms with E-state index in [2.05, 4.69) is 26.0 Å². The van der Waals surface area contributed by atoms with Gasteiger partial charge in [-0.2, -0.15) is 4.45 Å². The van der Waals surface area contributed by atoms with Gasteiger partial charge in [0.15, 0.2) is 0 Å². The number of anilines is 1. The Hall–Kier alpha value is -0.250. The predicted octanol–water partition coefficient (Wildman–Crippen LogP) is 2.57. The summed E-state index contributed by atoms with van der Waals surface area (Å²) in [5.41, 5.74) is 3.66. The van der Waals surface area contributed by atoms with Crippen molar-refractivity contribution < 1.29 is 0 Å². The molecule has 1 aromatic rings. The number of para-hydroxylation sites is 1. The molecular weight excluding hydrogens is 215 g/mol. The topological polar surface area (TPSA) is 24.1 Å². The molecule has 0 amide bonds. The highest BCUT2D eigenvalue weighted by atomic mass is 79.9. The van der Waals surface area contributed by atoms with Crippen molar-refractivity contribution in [3.8, 4) is 0 Å². The van der Waals surface area contributed by atoms with E-state index in [9.17, 15) is 0 Å². The van der Waals surface area contributed by atoms with E-state index in [1.165, 1.54) is 0 Å². The highest BCUT2D eigenvalue weighted by molar-refractivity contribution is 9.08. The lowest BCUT2D eigenvalue weighted by Crippen LogP contribution is -2.07. The van der Waals surface area contributed by atoms with E-state index in [1.807, 2.05) is 24.3 Å². The molecule has 0 heterocycles. The minimum atomic E-state index is 0.689. The summed E-state index contributed by atoms with van der Waals surface area (Å²) in [7, 11) is 0. The first-order chi connectivity index (χ1) is 4.84. The molecule has 0 atom stereocenters. The van der Waals surface area contributed by atoms with E-state index in [0.29, 0.717) is 5.02 Å². The fourth-order valence-electron chi connectivity index (χ4n) is 0.613. The molecular formula is C6H6BrClN2. The van der Waals surface area contributed by atoms with E-state index >= 15 is 0 Å². The van der Waals surface area contributed by atoms with Crippen LogP contribution >= 0.6 is 27.7 Å². The summed E-state index contributed by atoms with van der Waals surface area (Å²) in [4.78, 5) is 0. The van der Waals surface area contributed by atoms with Crippen molar-refractivity contribution in [3.63, 3.8) is 0 Å². The molecule has 0 aliphatic rings. The van der Waals surface area contributed by atoms with Crippen molar-refractivity contribution in [1.29, 1.82) is 0 Å². The molecule has 0 saturated carbocycles. The van der Waals surface area contributed by atoms with Gasteiger partial charge in [0.05, 0.1) is 10.7 Å². The molecule has 0 bridgehead atoms. The fraction of sp³-hybridized carbons (Fsp3) is 0. The summed E-state index contributed by atoms with van der Waals surface area (Å²) in [5.74, 6) is 0. The van der Waals surface area contributed by atoms with E-state index < -0.39 is 0 Å². The van der Waals surface area contributed by atoms with Crippen LogP contribution in [0.5, 0.6) is 0 Å². The number of hydrogen-bond donors (Lipinski definition) is 2. The zero-order valence-corrected chi connectivity index (χ0v) is 7.41. The van der Waals surface area contributed by atoms with Gasteiger partial charge < -0.3 is 5.43 Å². The standard InChI is InChI=1S/C6H6BrClN2/c7-10-9-6-4-2-1-3-5(6)8/h1-4,9-10H. The first-order valence-corrected chi connectivity index (χ1v) is 3.88. The van der Waals surface area contributed by atoms with Crippen LogP contribution in [-0.4, -0.2) is 0 Å². The molecule has 0 fully saturated rings. The Labute approximate surface area is 72.9 Å². The Morgan fingerprint density at radius 2 is 2.00 bits per heavy atom. The third-order valence-electron chi connectivity index (χ3n) is 1.06. The number of nitrogens with one attached hydrogen (secondary N) is 2. The van der Waals surface area contributed by atoms with E-state index in [0.717, 1.165) is 5.69 Å². The van der Waals surface area contributed by atoms with Gasteiger partial charge in [0.2, 0.25) is 0 Å². The molecule has 0 aromatic heterocycles. The van der Waals surface area contributed by atoms with Crippen molar-refractivity contribution in [2.45, 2.75) is 0 Å². The maximum atomic E-state index is 5.78. The van der Waals surface area contributed by atoms with Crippen LogP contribution in [0.2, 0.25) is 5.02 Å². The van der Waals surface area contributed by atoms with Crippen molar-refractivity contribution in [1.82, 2.24) is 4.45 Å². The summed E-state index contributed by atoms with van der Waals surface area (Å²) in [5, 5.41) is 0.689. The zero-order chi connectivity index (χ0) is 7.40. The molecule has 1 rings (SSSR count). The fourth-order valence-corrected chi connectivity index (χ4v) is 1.01. The van der Waals surface area contributed by atoms with Crippen molar-refractivity contribution in [3.05, 3.63) is 29.3 Å². The Bertz CT molecular complexity index is 217. The second-order valence-corrected chi connectivity index (χ2v) is 2.50. The molecule has 0 saturated heterocycles. The highest BCUT2D eigenvalue weighted by Crippen LogP contribution is 2.19. The normalized spacial score (nSPS) is 9.40. The van der Waals surface area contributed by atoms with Crippen molar-refractivity contribution in [2.75, 3.05) is 5.43 Å². The van der Waals surface area contributed by atoms with Gasteiger partial charge in [-0.05, 0) is 12.1 Å². The molecule has 4 heteroatoms. The van der Waals surface area contributed by atoms with Gasteiger partial charge in [-0.1, -0.05) is 23.7 Å². The van der Waals surface area contributed by atoms with Crippen LogP contribution in [0.15, 0.2) is 24.3 Å². The van der Waals surface area contributed by atoms with Gasteiger partial charge in [0.1, 0.15) is 0 Å². The number of hydrogen-bond acceptors (Lipinski definition) is 2. The first-order valence-electron chi connectivity index (χ1n) is 2.71. The van der Waals surface area contributed by atoms with Crippen LogP contribution in [0.4, 0.5) is 5.69 Å². The summed E-state index contributed by atoms with van der Waals surface area (Å²) >= 11 is 8.78. The summed E-state index contributed by atoms with van der Waals surface area (Å²) < 4.78 is 2.60. The Balaban J connectivity index is 2.81. The molecule has 1 aromatic carbocycles. The maximum Gasteiger partial charge on any atom is 0.0682 e. The van der Waals surface area contributed by atoms with Crippen molar-refractivity contribution >= 4 is 33.4 Å². The molecule has 0 aliphatic heterocycles. The summed E-state index contributed by atoms with van der Waals surface area (Å²) in [6.07, 6.45) is 0. The third-order valence-corrected chi connectivity index (χ3v) is 1.58. The molecule has 10 heavy (non-hydrogen) atoms. The average molecular weight is 221 g/mol. The van der Waals surface area contributed by atoms with Crippen LogP contribution in [0, 0.1) is 0 Å². The lowest BCUT2D eigenvalue weighted by atomic mass is 10.3. The van der Waals surface area contributed by atoms with Gasteiger partial charge in [-0.25, -0.2) is 0 Å². The molecule has 54 valence electrons. The van der Waals surface area contributed by atoms with Crippen molar-refractivity contribution in [2.24, 2.45) is 0 Å². The van der Waals surface area contributed by atoms with Gasteiger partial charge in [-0.3, -0.25) is 0 Å². The Morgan fingerprint density at radius 1 is 1.30 bits per heavy atom. The maximum absolute atomic E-state index is 5.78. The molecule has 0 aliphatic carbocycles. The molecule has 0 radical (unpaired) electrons. The SMILES string of the molecule is Clc1ccccc1NNBr. The highest BCUT2D eigenvalue weighted by Gasteiger charge is 1.93. The Morgan fingerprint density at radius 3 is 2.60 bits per heavy atom. The van der Waals surface area contributed by atoms with Crippen LogP contribution < -0.4 is 9.88 Å². The van der Waals surface area contributed by atoms with Gasteiger partial charge in [0.25, 0.3) is 0 Å². The molecule has 2 nitrogen and oxygen atoms in total. The van der Waals surface area contributed by atoms with Gasteiger partial charge >= 0.3 is 0 Å². The smallest absolute Gasteiger partial charge is 0.0682 e. The second kappa shape index (κ2) is 3.81. The van der Waals surface area contributed by atoms with Crippen LogP contribution in [-0.2, 0) is 0 Å². The number of hydrazine groups is 1. The molecule has 2 N–H and O–H groups in total. The largest absolute Gasteiger partial charge is 0.310 e. The van der Waals surface area contributed by atoms with Crippen LogP contribution in [0.25, 0.3) is 0 Å². The minimum absolute atomic E-state index is 0.689. The average Bonchev–Trinajstić information content (AvgIpc) is 1.94. The monoisotopic (exact) mass is 220 g/mol. The molecule has 0 spiro atoms. The zero-order valence-electron chi connectivity index (χ0n) is 5.07. The second-order valence-electron chi connectivity index (χ2n) is 1.70. The lowest BCUT2D eigenvalue weighted by molar-refractivity contribution is 1.25. The molecule has 0 unspecified atom stereocenters. The third kappa shape index (κ3) is 1.87. The lowest BCUT2D eigenvalue weighted by Gasteiger charge is -2.02. The van der Waals surface area contributed by atoms with Crippen LogP contribution in [0.3, 0.4) is 0 Å². The first kappa shape index (κ1) is 7.85. The van der Waals surface area contributed by atoms with Gasteiger partial charge in [0, 0.05) is 16.1 Å².